The molecular weight excluding hydrogens is 264 g/mol. The van der Waals surface area contributed by atoms with E-state index in [0.717, 1.165) is 12.2 Å². The topological polar surface area (TPSA) is 69.9 Å². The molecule has 4 nitrogen and oxygen atoms in total. The first-order valence-electron chi connectivity index (χ1n) is 7.43. The van der Waals surface area contributed by atoms with Gasteiger partial charge in [0.2, 0.25) is 0 Å². The van der Waals surface area contributed by atoms with Crippen molar-refractivity contribution in [3.8, 4) is 0 Å². The molecule has 0 aromatic rings. The third-order valence-corrected chi connectivity index (χ3v) is 4.72. The molecule has 19 heavy (non-hydrogen) atoms. The van der Waals surface area contributed by atoms with Crippen LogP contribution in [0, 0.1) is 0 Å². The Kier molecular flexibility index (Phi) is 9.07. The van der Waals surface area contributed by atoms with Gasteiger partial charge in [-0.25, -0.2) is 0 Å². The third kappa shape index (κ3) is 6.45. The van der Waals surface area contributed by atoms with E-state index in [4.69, 9.17) is 9.84 Å². The SMILES string of the molecule is CCCCCCCCS[C@H]1C[C@@H](O)[C@H](O)[C@@H](CO)O1. The Morgan fingerprint density at radius 2 is 1.79 bits per heavy atom. The summed E-state index contributed by atoms with van der Waals surface area (Å²) in [5.74, 6) is 1.01. The molecule has 0 spiro atoms. The summed E-state index contributed by atoms with van der Waals surface area (Å²) in [6.07, 6.45) is 5.66. The number of hydrogen-bond donors (Lipinski definition) is 3. The minimum absolute atomic E-state index is 0.105. The van der Waals surface area contributed by atoms with E-state index in [1.54, 1.807) is 11.8 Å². The number of aliphatic hydroxyl groups is 3. The van der Waals surface area contributed by atoms with Crippen molar-refractivity contribution in [2.75, 3.05) is 12.4 Å². The van der Waals surface area contributed by atoms with E-state index in [9.17, 15) is 10.2 Å². The van der Waals surface area contributed by atoms with Gasteiger partial charge in [-0.3, -0.25) is 0 Å². The molecule has 1 rings (SSSR count). The van der Waals surface area contributed by atoms with Crippen LogP contribution in [0.5, 0.6) is 0 Å². The largest absolute Gasteiger partial charge is 0.394 e. The molecule has 1 aliphatic heterocycles. The summed E-state index contributed by atoms with van der Waals surface area (Å²) >= 11 is 1.68. The van der Waals surface area contributed by atoms with Gasteiger partial charge in [0, 0.05) is 6.42 Å². The van der Waals surface area contributed by atoms with Crippen LogP contribution in [-0.2, 0) is 4.74 Å². The Morgan fingerprint density at radius 1 is 1.11 bits per heavy atom. The van der Waals surface area contributed by atoms with Crippen molar-refractivity contribution in [1.29, 1.82) is 0 Å². The van der Waals surface area contributed by atoms with Crippen molar-refractivity contribution in [2.24, 2.45) is 0 Å². The normalized spacial score (nSPS) is 31.6. The molecule has 3 N–H and O–H groups in total. The molecule has 1 fully saturated rings. The minimum Gasteiger partial charge on any atom is -0.394 e. The maximum atomic E-state index is 9.69. The van der Waals surface area contributed by atoms with Gasteiger partial charge in [0.25, 0.3) is 0 Å². The Bertz CT molecular complexity index is 227. The first-order chi connectivity index (χ1) is 9.19. The van der Waals surface area contributed by atoms with Gasteiger partial charge in [-0.05, 0) is 12.2 Å². The van der Waals surface area contributed by atoms with Crippen LogP contribution >= 0.6 is 11.8 Å². The highest BCUT2D eigenvalue weighted by molar-refractivity contribution is 7.99. The van der Waals surface area contributed by atoms with Crippen LogP contribution in [0.3, 0.4) is 0 Å². The molecule has 0 unspecified atom stereocenters. The number of ether oxygens (including phenoxy) is 1. The zero-order chi connectivity index (χ0) is 14.1. The van der Waals surface area contributed by atoms with Crippen molar-refractivity contribution in [3.63, 3.8) is 0 Å². The molecule has 0 aliphatic carbocycles. The summed E-state index contributed by atoms with van der Waals surface area (Å²) in [6.45, 7) is 1.97. The average molecular weight is 292 g/mol. The van der Waals surface area contributed by atoms with Crippen LogP contribution in [0.1, 0.15) is 51.9 Å². The van der Waals surface area contributed by atoms with Gasteiger partial charge < -0.3 is 20.1 Å². The number of unbranched alkanes of at least 4 members (excludes halogenated alkanes) is 5. The van der Waals surface area contributed by atoms with Crippen molar-refractivity contribution in [3.05, 3.63) is 0 Å². The van der Waals surface area contributed by atoms with Crippen LogP contribution in [0.2, 0.25) is 0 Å². The number of hydrogen-bond acceptors (Lipinski definition) is 5. The van der Waals surface area contributed by atoms with Crippen LogP contribution in [-0.4, -0.2) is 51.4 Å². The van der Waals surface area contributed by atoms with E-state index < -0.39 is 18.3 Å². The monoisotopic (exact) mass is 292 g/mol. The summed E-state index contributed by atoms with van der Waals surface area (Å²) in [5, 5.41) is 28.4. The molecule has 0 radical (unpaired) electrons. The molecule has 0 aromatic carbocycles. The Balaban J connectivity index is 2.09. The number of rotatable bonds is 9. The predicted molar refractivity (Wildman–Crippen MR) is 78.2 cm³/mol. The van der Waals surface area contributed by atoms with Crippen molar-refractivity contribution in [2.45, 2.75) is 75.6 Å². The quantitative estimate of drug-likeness (QED) is 0.566. The van der Waals surface area contributed by atoms with Crippen LogP contribution in [0.4, 0.5) is 0 Å². The summed E-state index contributed by atoms with van der Waals surface area (Å²) in [7, 11) is 0. The molecule has 0 aromatic heterocycles. The second-order valence-electron chi connectivity index (χ2n) is 5.22. The van der Waals surface area contributed by atoms with Crippen LogP contribution in [0.15, 0.2) is 0 Å². The van der Waals surface area contributed by atoms with E-state index in [0.29, 0.717) is 6.42 Å². The first-order valence-corrected chi connectivity index (χ1v) is 8.48. The van der Waals surface area contributed by atoms with Gasteiger partial charge in [-0.15, -0.1) is 11.8 Å². The van der Waals surface area contributed by atoms with Crippen molar-refractivity contribution in [1.82, 2.24) is 0 Å². The predicted octanol–water partition coefficient (Wildman–Crippen LogP) is 1.91. The highest BCUT2D eigenvalue weighted by Crippen LogP contribution is 2.28. The maximum Gasteiger partial charge on any atom is 0.110 e. The lowest BCUT2D eigenvalue weighted by Crippen LogP contribution is -2.49. The van der Waals surface area contributed by atoms with Gasteiger partial charge in [-0.2, -0.15) is 0 Å². The summed E-state index contributed by atoms with van der Waals surface area (Å²) in [4.78, 5) is 0. The molecule has 0 amide bonds. The average Bonchev–Trinajstić information content (AvgIpc) is 2.41. The lowest BCUT2D eigenvalue weighted by atomic mass is 10.0. The van der Waals surface area contributed by atoms with E-state index in [-0.39, 0.29) is 12.0 Å². The fourth-order valence-corrected chi connectivity index (χ4v) is 3.46. The van der Waals surface area contributed by atoms with Crippen molar-refractivity contribution >= 4 is 11.8 Å². The van der Waals surface area contributed by atoms with E-state index in [1.807, 2.05) is 0 Å². The number of thioether (sulfide) groups is 1. The zero-order valence-corrected chi connectivity index (χ0v) is 12.6. The van der Waals surface area contributed by atoms with Crippen molar-refractivity contribution < 1.29 is 20.1 Å². The lowest BCUT2D eigenvalue weighted by molar-refractivity contribution is -0.157. The van der Waals surface area contributed by atoms with Crippen LogP contribution < -0.4 is 0 Å². The van der Waals surface area contributed by atoms with Gasteiger partial charge in [0.05, 0.1) is 12.7 Å². The van der Waals surface area contributed by atoms with E-state index >= 15 is 0 Å². The molecular formula is C14H28O4S. The second kappa shape index (κ2) is 10.00. The molecule has 4 atom stereocenters. The summed E-state index contributed by atoms with van der Waals surface area (Å²) < 4.78 is 5.57. The Labute approximate surface area is 120 Å². The smallest absolute Gasteiger partial charge is 0.110 e. The zero-order valence-electron chi connectivity index (χ0n) is 11.8. The highest BCUT2D eigenvalue weighted by Gasteiger charge is 2.36. The van der Waals surface area contributed by atoms with E-state index in [2.05, 4.69) is 6.92 Å². The molecule has 5 heteroatoms. The Hall–Kier alpha value is 0.190. The summed E-state index contributed by atoms with van der Waals surface area (Å²) in [6, 6.07) is 0. The minimum atomic E-state index is -0.962. The second-order valence-corrected chi connectivity index (χ2v) is 6.49. The first kappa shape index (κ1) is 17.2. The van der Waals surface area contributed by atoms with Gasteiger partial charge in [0.15, 0.2) is 0 Å². The van der Waals surface area contributed by atoms with Crippen LogP contribution in [0.25, 0.3) is 0 Å². The molecule has 1 aliphatic rings. The van der Waals surface area contributed by atoms with Gasteiger partial charge >= 0.3 is 0 Å². The fraction of sp³-hybridized carbons (Fsp3) is 1.00. The van der Waals surface area contributed by atoms with Gasteiger partial charge in [-0.1, -0.05) is 39.0 Å². The maximum absolute atomic E-state index is 9.69. The Morgan fingerprint density at radius 3 is 2.47 bits per heavy atom. The third-order valence-electron chi connectivity index (χ3n) is 3.52. The van der Waals surface area contributed by atoms with Gasteiger partial charge in [0.1, 0.15) is 17.6 Å². The molecule has 0 bridgehead atoms. The summed E-state index contributed by atoms with van der Waals surface area (Å²) in [5.41, 5.74) is -0.105. The lowest BCUT2D eigenvalue weighted by Gasteiger charge is -2.36. The molecule has 114 valence electrons. The number of aliphatic hydroxyl groups excluding tert-OH is 3. The highest BCUT2D eigenvalue weighted by atomic mass is 32.2. The standard InChI is InChI=1S/C14H28O4S/c1-2-3-4-5-6-7-8-19-13-9-11(16)14(17)12(10-15)18-13/h11-17H,2-10H2,1H3/t11-,12-,13+,14+/m1/s1. The fourth-order valence-electron chi connectivity index (χ4n) is 2.27. The molecule has 0 saturated carbocycles. The molecule has 1 saturated heterocycles. The molecule has 1 heterocycles. The van der Waals surface area contributed by atoms with E-state index in [1.165, 1.54) is 32.1 Å².